The van der Waals surface area contributed by atoms with Gasteiger partial charge in [0, 0.05) is 23.5 Å². The summed E-state index contributed by atoms with van der Waals surface area (Å²) in [6, 6.07) is 5.08. The summed E-state index contributed by atoms with van der Waals surface area (Å²) in [7, 11) is 2.95. The Kier molecular flexibility index (Phi) is 3.53. The minimum Gasteiger partial charge on any atom is -0.497 e. The molecule has 0 aliphatic rings. The van der Waals surface area contributed by atoms with Gasteiger partial charge in [0.15, 0.2) is 0 Å². The van der Waals surface area contributed by atoms with Crippen LogP contribution in [0.4, 0.5) is 0 Å². The van der Waals surface area contributed by atoms with Crippen LogP contribution in [-0.2, 0) is 16.0 Å². The summed E-state index contributed by atoms with van der Waals surface area (Å²) in [5, 5.41) is 1.01. The smallest absolute Gasteiger partial charge is 0.322 e. The van der Waals surface area contributed by atoms with Crippen LogP contribution in [0.25, 0.3) is 10.9 Å². The van der Waals surface area contributed by atoms with Crippen molar-refractivity contribution in [1.29, 1.82) is 0 Å². The van der Waals surface area contributed by atoms with Gasteiger partial charge in [-0.15, -0.1) is 0 Å². The van der Waals surface area contributed by atoms with E-state index in [1.165, 1.54) is 7.11 Å². The molecule has 5 heteroatoms. The average molecular weight is 248 g/mol. The van der Waals surface area contributed by atoms with Crippen LogP contribution in [0.15, 0.2) is 24.4 Å². The molecule has 0 spiro atoms. The molecule has 18 heavy (non-hydrogen) atoms. The number of nitrogens with two attached hydrogens (primary N) is 1. The fourth-order valence-electron chi connectivity index (χ4n) is 1.93. The Bertz CT molecular complexity index is 562. The molecule has 0 saturated carbocycles. The molecule has 0 fully saturated rings. The SMILES string of the molecule is COC(=O)[C@@H](N)Cc1c[nH]c2ccc(OC)cc12. The minimum absolute atomic E-state index is 0.410. The lowest BCUT2D eigenvalue weighted by atomic mass is 10.1. The molecule has 2 aromatic rings. The van der Waals surface area contributed by atoms with Crippen molar-refractivity contribution >= 4 is 16.9 Å². The summed E-state index contributed by atoms with van der Waals surface area (Å²) in [4.78, 5) is 14.5. The van der Waals surface area contributed by atoms with Gasteiger partial charge in [-0.05, 0) is 23.8 Å². The van der Waals surface area contributed by atoms with Gasteiger partial charge < -0.3 is 20.2 Å². The highest BCUT2D eigenvalue weighted by molar-refractivity contribution is 5.85. The molecule has 0 aliphatic carbocycles. The third-order valence-electron chi connectivity index (χ3n) is 2.92. The predicted molar refractivity (Wildman–Crippen MR) is 68.5 cm³/mol. The van der Waals surface area contributed by atoms with Crippen LogP contribution in [-0.4, -0.2) is 31.2 Å². The molecule has 2 rings (SSSR count). The Morgan fingerprint density at radius 1 is 1.44 bits per heavy atom. The third kappa shape index (κ3) is 2.31. The van der Waals surface area contributed by atoms with Crippen LogP contribution in [0, 0.1) is 0 Å². The highest BCUT2D eigenvalue weighted by Gasteiger charge is 2.16. The lowest BCUT2D eigenvalue weighted by Crippen LogP contribution is -2.33. The van der Waals surface area contributed by atoms with E-state index in [1.807, 2.05) is 24.4 Å². The zero-order chi connectivity index (χ0) is 13.1. The fourth-order valence-corrected chi connectivity index (χ4v) is 1.93. The van der Waals surface area contributed by atoms with Crippen molar-refractivity contribution in [3.63, 3.8) is 0 Å². The normalized spacial score (nSPS) is 12.4. The van der Waals surface area contributed by atoms with Crippen LogP contribution in [0.3, 0.4) is 0 Å². The number of H-pyrrole nitrogens is 1. The molecular weight excluding hydrogens is 232 g/mol. The first-order valence-electron chi connectivity index (χ1n) is 5.63. The first-order chi connectivity index (χ1) is 8.65. The highest BCUT2D eigenvalue weighted by atomic mass is 16.5. The summed E-state index contributed by atoms with van der Waals surface area (Å²) in [5.41, 5.74) is 7.72. The summed E-state index contributed by atoms with van der Waals surface area (Å²) in [6.45, 7) is 0. The standard InChI is InChI=1S/C13H16N2O3/c1-17-9-3-4-12-10(6-9)8(7-15-12)5-11(14)13(16)18-2/h3-4,6-7,11,15H,5,14H2,1-2H3/t11-/m0/s1. The monoisotopic (exact) mass is 248 g/mol. The van der Waals surface area contributed by atoms with Gasteiger partial charge in [-0.3, -0.25) is 4.79 Å². The molecular formula is C13H16N2O3. The van der Waals surface area contributed by atoms with E-state index in [0.717, 1.165) is 22.2 Å². The van der Waals surface area contributed by atoms with E-state index in [0.29, 0.717) is 6.42 Å². The van der Waals surface area contributed by atoms with Crippen molar-refractivity contribution in [2.75, 3.05) is 14.2 Å². The molecule has 96 valence electrons. The lowest BCUT2D eigenvalue weighted by Gasteiger charge is -2.08. The maximum atomic E-state index is 11.3. The number of aromatic amines is 1. The molecule has 0 amide bonds. The Balaban J connectivity index is 2.30. The summed E-state index contributed by atoms with van der Waals surface area (Å²) < 4.78 is 9.80. The van der Waals surface area contributed by atoms with Crippen LogP contribution >= 0.6 is 0 Å². The molecule has 1 aromatic carbocycles. The number of rotatable bonds is 4. The number of hydrogen-bond acceptors (Lipinski definition) is 4. The number of hydrogen-bond donors (Lipinski definition) is 2. The van der Waals surface area contributed by atoms with E-state index in [1.54, 1.807) is 7.11 Å². The summed E-state index contributed by atoms with van der Waals surface area (Å²) in [6.07, 6.45) is 2.28. The van der Waals surface area contributed by atoms with Crippen molar-refractivity contribution in [2.24, 2.45) is 5.73 Å². The van der Waals surface area contributed by atoms with E-state index in [9.17, 15) is 4.79 Å². The zero-order valence-corrected chi connectivity index (χ0v) is 10.4. The first-order valence-corrected chi connectivity index (χ1v) is 5.63. The van der Waals surface area contributed by atoms with Gasteiger partial charge in [0.1, 0.15) is 11.8 Å². The van der Waals surface area contributed by atoms with Crippen molar-refractivity contribution < 1.29 is 14.3 Å². The van der Waals surface area contributed by atoms with Crippen molar-refractivity contribution in [3.05, 3.63) is 30.0 Å². The van der Waals surface area contributed by atoms with Crippen LogP contribution in [0.2, 0.25) is 0 Å². The number of carbonyl (C=O) groups is 1. The van der Waals surface area contributed by atoms with Crippen LogP contribution < -0.4 is 10.5 Å². The second-order valence-corrected chi connectivity index (χ2v) is 4.06. The molecule has 1 atom stereocenters. The van der Waals surface area contributed by atoms with Crippen LogP contribution in [0.1, 0.15) is 5.56 Å². The van der Waals surface area contributed by atoms with Gasteiger partial charge in [-0.1, -0.05) is 0 Å². The second-order valence-electron chi connectivity index (χ2n) is 4.06. The number of fused-ring (bicyclic) bond motifs is 1. The van der Waals surface area contributed by atoms with Crippen molar-refractivity contribution in [3.8, 4) is 5.75 Å². The zero-order valence-electron chi connectivity index (χ0n) is 10.4. The van der Waals surface area contributed by atoms with Gasteiger partial charge in [-0.2, -0.15) is 0 Å². The number of methoxy groups -OCH3 is 2. The van der Waals surface area contributed by atoms with Gasteiger partial charge in [0.2, 0.25) is 0 Å². The molecule has 5 nitrogen and oxygen atoms in total. The van der Waals surface area contributed by atoms with E-state index in [2.05, 4.69) is 9.72 Å². The van der Waals surface area contributed by atoms with Crippen molar-refractivity contribution in [2.45, 2.75) is 12.5 Å². The van der Waals surface area contributed by atoms with Gasteiger partial charge in [-0.25, -0.2) is 0 Å². The Hall–Kier alpha value is -2.01. The number of carbonyl (C=O) groups excluding carboxylic acids is 1. The molecule has 0 radical (unpaired) electrons. The quantitative estimate of drug-likeness (QED) is 0.797. The Labute approximate surface area is 105 Å². The fraction of sp³-hybridized carbons (Fsp3) is 0.308. The van der Waals surface area contributed by atoms with Gasteiger partial charge in [0.25, 0.3) is 0 Å². The van der Waals surface area contributed by atoms with E-state index in [4.69, 9.17) is 10.5 Å². The maximum Gasteiger partial charge on any atom is 0.322 e. The molecule has 0 unspecified atom stereocenters. The number of esters is 1. The van der Waals surface area contributed by atoms with Gasteiger partial charge in [0.05, 0.1) is 14.2 Å². The molecule has 0 aliphatic heterocycles. The third-order valence-corrected chi connectivity index (χ3v) is 2.92. The average Bonchev–Trinajstić information content (AvgIpc) is 2.80. The number of nitrogens with one attached hydrogen (secondary N) is 1. The van der Waals surface area contributed by atoms with E-state index < -0.39 is 12.0 Å². The lowest BCUT2D eigenvalue weighted by molar-refractivity contribution is -0.142. The minimum atomic E-state index is -0.653. The number of ether oxygens (including phenoxy) is 2. The molecule has 0 bridgehead atoms. The second kappa shape index (κ2) is 5.10. The summed E-state index contributed by atoms with van der Waals surface area (Å²) >= 11 is 0. The Morgan fingerprint density at radius 2 is 2.22 bits per heavy atom. The predicted octanol–water partition coefficient (Wildman–Crippen LogP) is 1.22. The Morgan fingerprint density at radius 3 is 2.89 bits per heavy atom. The largest absolute Gasteiger partial charge is 0.497 e. The number of aromatic nitrogens is 1. The highest BCUT2D eigenvalue weighted by Crippen LogP contribution is 2.24. The van der Waals surface area contributed by atoms with E-state index in [-0.39, 0.29) is 0 Å². The molecule has 3 N–H and O–H groups in total. The van der Waals surface area contributed by atoms with Crippen molar-refractivity contribution in [1.82, 2.24) is 4.98 Å². The maximum absolute atomic E-state index is 11.3. The summed E-state index contributed by atoms with van der Waals surface area (Å²) in [5.74, 6) is 0.363. The number of benzene rings is 1. The molecule has 0 saturated heterocycles. The topological polar surface area (TPSA) is 77.3 Å². The van der Waals surface area contributed by atoms with Crippen LogP contribution in [0.5, 0.6) is 5.75 Å². The first kappa shape index (κ1) is 12.4. The molecule has 1 aromatic heterocycles. The van der Waals surface area contributed by atoms with Gasteiger partial charge >= 0.3 is 5.97 Å². The molecule has 1 heterocycles. The van der Waals surface area contributed by atoms with E-state index >= 15 is 0 Å².